The van der Waals surface area contributed by atoms with Gasteiger partial charge in [-0.05, 0) is 37.3 Å². The van der Waals surface area contributed by atoms with Crippen LogP contribution in [0.15, 0.2) is 87.3 Å². The van der Waals surface area contributed by atoms with Crippen molar-refractivity contribution in [2.75, 3.05) is 0 Å². The quantitative estimate of drug-likeness (QED) is 0.495. The number of nitrogens with zero attached hydrogens (tertiary/aromatic N) is 1. The van der Waals surface area contributed by atoms with Gasteiger partial charge in [-0.2, -0.15) is 0 Å². The largest absolute Gasteiger partial charge is 0.451 e. The van der Waals surface area contributed by atoms with Crippen LogP contribution in [0, 0.1) is 6.92 Å². The number of hydrazine groups is 1. The fourth-order valence-corrected chi connectivity index (χ4v) is 3.77. The van der Waals surface area contributed by atoms with Crippen LogP contribution >= 0.6 is 11.8 Å². The van der Waals surface area contributed by atoms with Crippen molar-refractivity contribution in [2.45, 2.75) is 16.8 Å². The second-order valence-electron chi connectivity index (χ2n) is 6.23. The van der Waals surface area contributed by atoms with Gasteiger partial charge in [0.1, 0.15) is 10.6 Å². The van der Waals surface area contributed by atoms with Crippen LogP contribution in [0.4, 0.5) is 0 Å². The lowest BCUT2D eigenvalue weighted by Crippen LogP contribution is -2.42. The predicted molar refractivity (Wildman–Crippen MR) is 111 cm³/mol. The van der Waals surface area contributed by atoms with E-state index in [2.05, 4.69) is 15.8 Å². The van der Waals surface area contributed by atoms with Gasteiger partial charge in [-0.3, -0.25) is 20.4 Å². The van der Waals surface area contributed by atoms with E-state index in [0.717, 1.165) is 10.3 Å². The number of pyridine rings is 1. The van der Waals surface area contributed by atoms with E-state index < -0.39 is 11.8 Å². The number of hydrogen-bond acceptors (Lipinski definition) is 5. The van der Waals surface area contributed by atoms with E-state index in [1.54, 1.807) is 31.3 Å². The van der Waals surface area contributed by atoms with Crippen LogP contribution < -0.4 is 10.9 Å². The lowest BCUT2D eigenvalue weighted by Gasteiger charge is -2.09. The van der Waals surface area contributed by atoms with Crippen molar-refractivity contribution in [2.24, 2.45) is 0 Å². The molecule has 0 fully saturated rings. The highest BCUT2D eigenvalue weighted by atomic mass is 32.2. The number of amides is 2. The predicted octanol–water partition coefficient (Wildman–Crippen LogP) is 4.36. The zero-order chi connectivity index (χ0) is 20.2. The molecule has 144 valence electrons. The summed E-state index contributed by atoms with van der Waals surface area (Å²) in [5.74, 6) is -0.816. The van der Waals surface area contributed by atoms with Gasteiger partial charge in [0.2, 0.25) is 0 Å². The van der Waals surface area contributed by atoms with E-state index in [4.69, 9.17) is 4.42 Å². The van der Waals surface area contributed by atoms with Gasteiger partial charge in [-0.1, -0.05) is 48.2 Å². The Bertz CT molecular complexity index is 1190. The lowest BCUT2D eigenvalue weighted by atomic mass is 10.1. The van der Waals surface area contributed by atoms with Crippen molar-refractivity contribution in [1.82, 2.24) is 15.8 Å². The number of carbonyl (C=O) groups is 2. The molecule has 0 unspecified atom stereocenters. The molecule has 0 aliphatic rings. The minimum Gasteiger partial charge on any atom is -0.451 e. The third kappa shape index (κ3) is 4.00. The van der Waals surface area contributed by atoms with Crippen LogP contribution in [-0.2, 0) is 0 Å². The number of nitrogens with one attached hydrogen (secondary N) is 2. The SMILES string of the molecule is Cc1c(C(=O)NNC(=O)c2cccnc2Sc2ccccc2)oc2ccccc12. The summed E-state index contributed by atoms with van der Waals surface area (Å²) in [5.41, 5.74) is 6.57. The van der Waals surface area contributed by atoms with Crippen molar-refractivity contribution in [3.63, 3.8) is 0 Å². The molecule has 0 aliphatic heterocycles. The molecule has 2 amide bonds. The second kappa shape index (κ2) is 8.20. The van der Waals surface area contributed by atoms with E-state index in [9.17, 15) is 9.59 Å². The molecule has 4 aromatic rings. The molecule has 29 heavy (non-hydrogen) atoms. The summed E-state index contributed by atoms with van der Waals surface area (Å²) in [6, 6.07) is 20.4. The maximum Gasteiger partial charge on any atom is 0.305 e. The number of rotatable bonds is 4. The summed E-state index contributed by atoms with van der Waals surface area (Å²) in [6.07, 6.45) is 1.62. The Kier molecular flexibility index (Phi) is 5.31. The van der Waals surface area contributed by atoms with Gasteiger partial charge in [-0.15, -0.1) is 0 Å². The van der Waals surface area contributed by atoms with Gasteiger partial charge in [0.25, 0.3) is 5.91 Å². The Morgan fingerprint density at radius 2 is 1.62 bits per heavy atom. The molecule has 7 heteroatoms. The zero-order valence-electron chi connectivity index (χ0n) is 15.5. The average Bonchev–Trinajstić information content (AvgIpc) is 3.10. The molecule has 0 saturated heterocycles. The van der Waals surface area contributed by atoms with Crippen molar-refractivity contribution in [3.05, 3.63) is 89.8 Å². The molecule has 2 aromatic carbocycles. The van der Waals surface area contributed by atoms with E-state index in [0.29, 0.717) is 21.7 Å². The van der Waals surface area contributed by atoms with Crippen LogP contribution in [0.25, 0.3) is 11.0 Å². The third-order valence-electron chi connectivity index (χ3n) is 4.31. The van der Waals surface area contributed by atoms with Crippen LogP contribution in [-0.4, -0.2) is 16.8 Å². The van der Waals surface area contributed by atoms with E-state index in [1.165, 1.54) is 11.8 Å². The van der Waals surface area contributed by atoms with E-state index in [1.807, 2.05) is 48.5 Å². The molecule has 0 spiro atoms. The number of para-hydroxylation sites is 1. The Labute approximate surface area is 171 Å². The van der Waals surface area contributed by atoms with Crippen molar-refractivity contribution in [3.8, 4) is 0 Å². The van der Waals surface area contributed by atoms with Crippen molar-refractivity contribution < 1.29 is 14.0 Å². The molecular weight excluding hydrogens is 386 g/mol. The minimum absolute atomic E-state index is 0.163. The first-order chi connectivity index (χ1) is 14.1. The lowest BCUT2D eigenvalue weighted by molar-refractivity contribution is 0.0830. The number of hydrogen-bond donors (Lipinski definition) is 2. The maximum absolute atomic E-state index is 12.6. The Balaban J connectivity index is 1.48. The topological polar surface area (TPSA) is 84.2 Å². The van der Waals surface area contributed by atoms with Gasteiger partial charge in [-0.25, -0.2) is 4.98 Å². The number of aromatic nitrogens is 1. The molecule has 0 radical (unpaired) electrons. The summed E-state index contributed by atoms with van der Waals surface area (Å²) in [4.78, 5) is 30.4. The number of fused-ring (bicyclic) bond motifs is 1. The Morgan fingerprint density at radius 3 is 2.41 bits per heavy atom. The standard InChI is InChI=1S/C22H17N3O3S/c1-14-16-10-5-6-12-18(16)28-19(14)21(27)25-24-20(26)17-11-7-13-23-22(17)29-15-8-3-2-4-9-15/h2-13H,1H3,(H,24,26)(H,25,27). The van der Waals surface area contributed by atoms with Crippen LogP contribution in [0.3, 0.4) is 0 Å². The van der Waals surface area contributed by atoms with Crippen molar-refractivity contribution in [1.29, 1.82) is 0 Å². The molecule has 2 aromatic heterocycles. The Hall–Kier alpha value is -3.58. The summed E-state index contributed by atoms with van der Waals surface area (Å²) in [6.45, 7) is 1.80. The first-order valence-electron chi connectivity index (χ1n) is 8.90. The van der Waals surface area contributed by atoms with Crippen molar-refractivity contribution >= 4 is 34.5 Å². The second-order valence-corrected chi connectivity index (χ2v) is 7.29. The highest BCUT2D eigenvalue weighted by molar-refractivity contribution is 7.99. The van der Waals surface area contributed by atoms with Gasteiger partial charge in [0, 0.05) is 22.0 Å². The summed E-state index contributed by atoms with van der Waals surface area (Å²) >= 11 is 1.38. The maximum atomic E-state index is 12.6. The summed E-state index contributed by atoms with van der Waals surface area (Å²) in [7, 11) is 0. The zero-order valence-corrected chi connectivity index (χ0v) is 16.3. The molecule has 2 heterocycles. The molecule has 6 nitrogen and oxygen atoms in total. The average molecular weight is 403 g/mol. The molecule has 0 bridgehead atoms. The van der Waals surface area contributed by atoms with Gasteiger partial charge in [0.15, 0.2) is 5.76 Å². The number of aryl methyl sites for hydroxylation is 1. The Morgan fingerprint density at radius 1 is 0.897 bits per heavy atom. The summed E-state index contributed by atoms with van der Waals surface area (Å²) < 4.78 is 5.62. The number of carbonyl (C=O) groups excluding carboxylic acids is 2. The molecule has 2 N–H and O–H groups in total. The molecular formula is C22H17N3O3S. The van der Waals surface area contributed by atoms with Gasteiger partial charge < -0.3 is 4.42 Å². The highest BCUT2D eigenvalue weighted by Crippen LogP contribution is 2.28. The third-order valence-corrected chi connectivity index (χ3v) is 5.34. The smallest absolute Gasteiger partial charge is 0.305 e. The summed E-state index contributed by atoms with van der Waals surface area (Å²) in [5, 5.41) is 1.41. The van der Waals surface area contributed by atoms with Crippen LogP contribution in [0.2, 0.25) is 0 Å². The monoisotopic (exact) mass is 403 g/mol. The van der Waals surface area contributed by atoms with Crippen LogP contribution in [0.5, 0.6) is 0 Å². The molecule has 0 aliphatic carbocycles. The molecule has 4 rings (SSSR count). The normalized spacial score (nSPS) is 10.7. The number of furan rings is 1. The fourth-order valence-electron chi connectivity index (χ4n) is 2.87. The fraction of sp³-hybridized carbons (Fsp3) is 0.0455. The van der Waals surface area contributed by atoms with Crippen LogP contribution in [0.1, 0.15) is 26.5 Å². The van der Waals surface area contributed by atoms with Gasteiger partial charge >= 0.3 is 5.91 Å². The first kappa shape index (κ1) is 18.8. The van der Waals surface area contributed by atoms with Gasteiger partial charge in [0.05, 0.1) is 5.56 Å². The molecule has 0 atom stereocenters. The number of benzene rings is 2. The van der Waals surface area contributed by atoms with E-state index >= 15 is 0 Å². The van der Waals surface area contributed by atoms with E-state index in [-0.39, 0.29) is 5.76 Å². The highest BCUT2D eigenvalue weighted by Gasteiger charge is 2.19. The molecule has 0 saturated carbocycles. The first-order valence-corrected chi connectivity index (χ1v) is 9.72. The minimum atomic E-state index is -0.520.